The molecule has 9 nitrogen and oxygen atoms in total. The molecule has 46 heavy (non-hydrogen) atoms. The van der Waals surface area contributed by atoms with E-state index in [4.69, 9.17) is 23.2 Å². The van der Waals surface area contributed by atoms with Gasteiger partial charge in [0.05, 0.1) is 12.3 Å². The molecule has 2 N–H and O–H groups in total. The number of hydrogen-bond acceptors (Lipinski definition) is 5. The fourth-order valence-corrected chi connectivity index (χ4v) is 8.59. The first-order valence-electron chi connectivity index (χ1n) is 15.0. The van der Waals surface area contributed by atoms with E-state index >= 15 is 4.39 Å². The van der Waals surface area contributed by atoms with E-state index in [0.29, 0.717) is 50.8 Å². The van der Waals surface area contributed by atoms with Gasteiger partial charge in [0, 0.05) is 47.2 Å². The van der Waals surface area contributed by atoms with Gasteiger partial charge in [-0.2, -0.15) is 0 Å². The Bertz CT molecular complexity index is 1850. The Morgan fingerprint density at radius 1 is 1.04 bits per heavy atom. The zero-order chi connectivity index (χ0) is 33.0. The molecule has 6 rings (SSSR count). The summed E-state index contributed by atoms with van der Waals surface area (Å²) in [6.45, 7) is 1.91. The van der Waals surface area contributed by atoms with Gasteiger partial charge in [0.15, 0.2) is 0 Å². The number of nitrogens with zero attached hydrogens (tertiary/aromatic N) is 2. The molecule has 3 aromatic rings. The lowest BCUT2D eigenvalue weighted by Crippen LogP contribution is -2.60. The summed E-state index contributed by atoms with van der Waals surface area (Å²) >= 11 is 12.8. The van der Waals surface area contributed by atoms with Gasteiger partial charge >= 0.3 is 0 Å². The molecule has 0 aromatic heterocycles. The van der Waals surface area contributed by atoms with Crippen LogP contribution in [-0.4, -0.2) is 67.3 Å². The number of anilines is 1. The molecule has 13 heteroatoms. The summed E-state index contributed by atoms with van der Waals surface area (Å²) in [7, 11) is -3.35. The zero-order valence-corrected chi connectivity index (χ0v) is 27.6. The Morgan fingerprint density at radius 2 is 1.76 bits per heavy atom. The lowest BCUT2D eigenvalue weighted by atomic mass is 9.58. The molecule has 3 aliphatic heterocycles. The van der Waals surface area contributed by atoms with Gasteiger partial charge in [0.1, 0.15) is 17.8 Å². The quantitative estimate of drug-likeness (QED) is 0.382. The third-order valence-corrected chi connectivity index (χ3v) is 11.2. The number of piperidine rings is 2. The maximum atomic E-state index is 15.0. The number of aryl methyl sites for hydroxylation is 1. The van der Waals surface area contributed by atoms with Crippen LogP contribution in [0.15, 0.2) is 60.7 Å². The minimum Gasteiger partial charge on any atom is -0.352 e. The molecule has 242 valence electrons. The van der Waals surface area contributed by atoms with Gasteiger partial charge in [-0.15, -0.1) is 0 Å². The van der Waals surface area contributed by atoms with E-state index in [1.807, 2.05) is 6.07 Å². The van der Waals surface area contributed by atoms with Crippen LogP contribution in [-0.2, 0) is 29.8 Å². The van der Waals surface area contributed by atoms with Gasteiger partial charge in [-0.05, 0) is 78.4 Å². The molecule has 0 bridgehead atoms. The summed E-state index contributed by atoms with van der Waals surface area (Å²) < 4.78 is 40.3. The largest absolute Gasteiger partial charge is 0.352 e. The second-order valence-electron chi connectivity index (χ2n) is 12.3. The average Bonchev–Trinajstić information content (AvgIpc) is 3.26. The molecule has 0 unspecified atom stereocenters. The number of nitrogens with one attached hydrogen (secondary N) is 2. The fourth-order valence-electron chi connectivity index (χ4n) is 7.34. The van der Waals surface area contributed by atoms with Crippen molar-refractivity contribution in [3.05, 3.63) is 98.8 Å². The van der Waals surface area contributed by atoms with Gasteiger partial charge < -0.3 is 15.5 Å². The van der Waals surface area contributed by atoms with E-state index < -0.39 is 51.6 Å². The Hall–Kier alpha value is -3.51. The number of rotatable bonds is 6. The fraction of sp³-hybridized carbons (Fsp3) is 0.364. The first kappa shape index (κ1) is 32.4. The predicted molar refractivity (Wildman–Crippen MR) is 174 cm³/mol. The highest BCUT2D eigenvalue weighted by atomic mass is 35.5. The van der Waals surface area contributed by atoms with Crippen LogP contribution in [0.2, 0.25) is 10.0 Å². The van der Waals surface area contributed by atoms with Gasteiger partial charge in [-0.3, -0.25) is 14.4 Å². The van der Waals surface area contributed by atoms with Crippen LogP contribution >= 0.6 is 23.2 Å². The van der Waals surface area contributed by atoms with Gasteiger partial charge in [0.2, 0.25) is 27.7 Å². The third-order valence-electron chi connectivity index (χ3n) is 9.43. The normalized spacial score (nSPS) is 23.8. The molecule has 3 heterocycles. The molecule has 3 amide bonds. The molecule has 3 aliphatic rings. The summed E-state index contributed by atoms with van der Waals surface area (Å²) in [4.78, 5) is 43.8. The zero-order valence-electron chi connectivity index (χ0n) is 25.2. The summed E-state index contributed by atoms with van der Waals surface area (Å²) in [6.07, 6.45) is 1.86. The lowest BCUT2D eigenvalue weighted by Gasteiger charge is -2.51. The SMILES string of the molecule is Cc1ccc(F)cc1[C@H]1N(CC(=O)NC2CCN(S(C)(=O)=O)CC2)C(=O)C[C@@H](c2cccc(Cl)c2)[C@]12C(=O)Nc1cc(Cl)ccc12. The van der Waals surface area contributed by atoms with Crippen LogP contribution in [0.25, 0.3) is 0 Å². The van der Waals surface area contributed by atoms with Crippen LogP contribution in [0.5, 0.6) is 0 Å². The molecule has 3 atom stereocenters. The number of fused-ring (bicyclic) bond motifs is 2. The standard InChI is InChI=1S/C33H33Cl2FN4O5S/c1-19-6-8-23(36)16-25(19)31-33(26-9-7-22(35)15-28(26)38-32(33)43)27(20-4-3-5-21(34)14-20)17-30(42)40(31)18-29(41)37-24-10-12-39(13-11-24)46(2,44)45/h3-9,14-16,24,27,31H,10-13,17-18H2,1-2H3,(H,37,41)(H,38,43)/t27-,31+,33-/m0/s1. The number of sulfonamides is 1. The highest BCUT2D eigenvalue weighted by Crippen LogP contribution is 2.60. The van der Waals surface area contributed by atoms with Crippen LogP contribution in [0.1, 0.15) is 53.5 Å². The van der Waals surface area contributed by atoms with Gasteiger partial charge in [-0.25, -0.2) is 17.1 Å². The van der Waals surface area contributed by atoms with Crippen molar-refractivity contribution in [2.75, 3.05) is 31.2 Å². The summed E-state index contributed by atoms with van der Waals surface area (Å²) in [6, 6.07) is 14.9. The topological polar surface area (TPSA) is 116 Å². The molecular formula is C33H33Cl2FN4O5S. The van der Waals surface area contributed by atoms with E-state index in [0.717, 1.165) is 6.26 Å². The van der Waals surface area contributed by atoms with Crippen molar-refractivity contribution < 1.29 is 27.2 Å². The minimum atomic E-state index is -3.35. The predicted octanol–water partition coefficient (Wildman–Crippen LogP) is 4.93. The second kappa shape index (κ2) is 12.3. The van der Waals surface area contributed by atoms with Crippen LogP contribution in [0.3, 0.4) is 0 Å². The molecular weight excluding hydrogens is 654 g/mol. The third kappa shape index (κ3) is 5.78. The second-order valence-corrected chi connectivity index (χ2v) is 15.1. The van der Waals surface area contributed by atoms with Crippen molar-refractivity contribution in [2.24, 2.45) is 0 Å². The molecule has 0 saturated carbocycles. The monoisotopic (exact) mass is 686 g/mol. The van der Waals surface area contributed by atoms with Crippen molar-refractivity contribution in [3.8, 4) is 0 Å². The van der Waals surface area contributed by atoms with Crippen molar-refractivity contribution >= 4 is 56.6 Å². The van der Waals surface area contributed by atoms with Crippen molar-refractivity contribution in [3.63, 3.8) is 0 Å². The van der Waals surface area contributed by atoms with Crippen LogP contribution in [0, 0.1) is 12.7 Å². The summed E-state index contributed by atoms with van der Waals surface area (Å²) in [5.74, 6) is -2.54. The number of carbonyl (C=O) groups is 3. The Morgan fingerprint density at radius 3 is 2.46 bits per heavy atom. The lowest BCUT2D eigenvalue weighted by molar-refractivity contribution is -0.149. The average molecular weight is 688 g/mol. The smallest absolute Gasteiger partial charge is 0.239 e. The molecule has 0 aliphatic carbocycles. The number of likely N-dealkylation sites (tertiary alicyclic amines) is 1. The minimum absolute atomic E-state index is 0.124. The maximum absolute atomic E-state index is 15.0. The van der Waals surface area contributed by atoms with Crippen molar-refractivity contribution in [1.29, 1.82) is 0 Å². The molecule has 0 radical (unpaired) electrons. The number of benzene rings is 3. The maximum Gasteiger partial charge on any atom is 0.239 e. The summed E-state index contributed by atoms with van der Waals surface area (Å²) in [5, 5.41) is 6.76. The van der Waals surface area contributed by atoms with Gasteiger partial charge in [-0.1, -0.05) is 47.5 Å². The Balaban J connectivity index is 1.46. The molecule has 3 aromatic carbocycles. The highest BCUT2D eigenvalue weighted by Gasteiger charge is 2.63. The Labute approximate surface area is 277 Å². The highest BCUT2D eigenvalue weighted by molar-refractivity contribution is 7.88. The first-order valence-corrected chi connectivity index (χ1v) is 17.6. The summed E-state index contributed by atoms with van der Waals surface area (Å²) in [5.41, 5.74) is 1.25. The van der Waals surface area contributed by atoms with Gasteiger partial charge in [0.25, 0.3) is 0 Å². The molecule has 1 spiro atoms. The molecule has 2 saturated heterocycles. The van der Waals surface area contributed by atoms with E-state index in [9.17, 15) is 22.8 Å². The van der Waals surface area contributed by atoms with Crippen LogP contribution in [0.4, 0.5) is 10.1 Å². The first-order chi connectivity index (χ1) is 21.8. The van der Waals surface area contributed by atoms with E-state index in [2.05, 4.69) is 10.6 Å². The molecule has 2 fully saturated rings. The van der Waals surface area contributed by atoms with E-state index in [1.165, 1.54) is 21.3 Å². The van der Waals surface area contributed by atoms with Crippen molar-refractivity contribution in [2.45, 2.75) is 49.6 Å². The van der Waals surface area contributed by atoms with Crippen LogP contribution < -0.4 is 10.6 Å². The van der Waals surface area contributed by atoms with E-state index in [-0.39, 0.29) is 31.5 Å². The number of carbonyl (C=O) groups excluding carboxylic acids is 3. The number of hydrogen-bond donors (Lipinski definition) is 2. The van der Waals surface area contributed by atoms with Crippen molar-refractivity contribution in [1.82, 2.24) is 14.5 Å². The number of amides is 3. The van der Waals surface area contributed by atoms with E-state index in [1.54, 1.807) is 49.4 Å². The Kier molecular flexibility index (Phi) is 8.64. The number of halogens is 3.